The monoisotopic (exact) mass is 347 g/mol. The number of hydrogen-bond acceptors (Lipinski definition) is 6. The van der Waals surface area contributed by atoms with Crippen LogP contribution in [-0.4, -0.2) is 29.2 Å². The Kier molecular flexibility index (Phi) is 6.51. The third kappa shape index (κ3) is 4.27. The van der Waals surface area contributed by atoms with Crippen molar-refractivity contribution >= 4 is 34.6 Å². The summed E-state index contributed by atoms with van der Waals surface area (Å²) in [5, 5.41) is 20.3. The number of nitrogens with one attached hydrogen (secondary N) is 1. The first-order valence-electron chi connectivity index (χ1n) is 7.21. The summed E-state index contributed by atoms with van der Waals surface area (Å²) in [5.41, 5.74) is 1.47. The Hall–Kier alpha value is -1.97. The maximum Gasteiger partial charge on any atom is 0.145 e. The Labute approximate surface area is 145 Å². The molecule has 5 nitrogen and oxygen atoms in total. The molecule has 1 heterocycles. The molecule has 0 bridgehead atoms. The van der Waals surface area contributed by atoms with E-state index in [0.29, 0.717) is 29.6 Å². The first-order chi connectivity index (χ1) is 11.2. The molecule has 0 unspecified atom stereocenters. The van der Waals surface area contributed by atoms with Crippen LogP contribution in [0.25, 0.3) is 0 Å². The number of aliphatic imine (C=N–C) groups is 1. The van der Waals surface area contributed by atoms with Crippen molar-refractivity contribution in [2.45, 2.75) is 19.9 Å². The fraction of sp³-hybridized carbons (Fsp3) is 0.312. The number of halogens is 1. The van der Waals surface area contributed by atoms with Gasteiger partial charge in [-0.15, -0.1) is 11.8 Å². The zero-order valence-electron chi connectivity index (χ0n) is 13.1. The Balaban J connectivity index is 2.29. The van der Waals surface area contributed by atoms with E-state index < -0.39 is 0 Å². The van der Waals surface area contributed by atoms with Crippen LogP contribution in [0, 0.1) is 11.3 Å². The van der Waals surface area contributed by atoms with E-state index in [9.17, 15) is 5.26 Å². The predicted molar refractivity (Wildman–Crippen MR) is 97.4 cm³/mol. The van der Waals surface area contributed by atoms with Gasteiger partial charge >= 0.3 is 0 Å². The molecule has 0 amide bonds. The fourth-order valence-corrected chi connectivity index (χ4v) is 2.79. The maximum absolute atomic E-state index is 9.51. The molecule has 0 saturated carbocycles. The summed E-state index contributed by atoms with van der Waals surface area (Å²) in [4.78, 5) is 4.40. The van der Waals surface area contributed by atoms with E-state index in [1.54, 1.807) is 11.2 Å². The molecular formula is C16H18ClN5S. The molecule has 7 heteroatoms. The summed E-state index contributed by atoms with van der Waals surface area (Å²) in [7, 11) is 0. The van der Waals surface area contributed by atoms with Crippen molar-refractivity contribution in [1.82, 2.24) is 10.3 Å². The number of benzene rings is 1. The molecule has 2 rings (SSSR count). The molecule has 1 aliphatic rings. The smallest absolute Gasteiger partial charge is 0.145 e. The zero-order chi connectivity index (χ0) is 16.7. The predicted octanol–water partition coefficient (Wildman–Crippen LogP) is 3.60. The standard InChI is InChI=1S/C16H18ClN5S/c1-3-8-21-22-11-20-16(23-2)13(9-18)15(22)19-10-12-6-4-5-7-14(12)17/h4-8,19H,3,10-11H2,1-2H3/b21-8-. The molecule has 0 spiro atoms. The molecule has 0 saturated heterocycles. The largest absolute Gasteiger partial charge is 0.365 e. The van der Waals surface area contributed by atoms with Crippen molar-refractivity contribution in [1.29, 1.82) is 5.26 Å². The third-order valence-corrected chi connectivity index (χ3v) is 4.26. The lowest BCUT2D eigenvalue weighted by Gasteiger charge is -2.27. The van der Waals surface area contributed by atoms with E-state index in [-0.39, 0.29) is 0 Å². The van der Waals surface area contributed by atoms with Gasteiger partial charge in [-0.25, -0.2) is 5.01 Å². The number of nitriles is 1. The van der Waals surface area contributed by atoms with Crippen LogP contribution in [0.4, 0.5) is 0 Å². The van der Waals surface area contributed by atoms with Crippen LogP contribution in [0.5, 0.6) is 0 Å². The van der Waals surface area contributed by atoms with Gasteiger partial charge in [0.25, 0.3) is 0 Å². The third-order valence-electron chi connectivity index (χ3n) is 3.17. The van der Waals surface area contributed by atoms with Crippen molar-refractivity contribution in [2.75, 3.05) is 12.9 Å². The zero-order valence-corrected chi connectivity index (χ0v) is 14.7. The lowest BCUT2D eigenvalue weighted by Crippen LogP contribution is -2.34. The molecule has 0 radical (unpaired) electrons. The average molecular weight is 348 g/mol. The van der Waals surface area contributed by atoms with Crippen LogP contribution in [0.15, 0.2) is 45.8 Å². The Morgan fingerprint density at radius 2 is 2.30 bits per heavy atom. The quantitative estimate of drug-likeness (QED) is 0.826. The van der Waals surface area contributed by atoms with E-state index in [4.69, 9.17) is 11.6 Å². The van der Waals surface area contributed by atoms with Gasteiger partial charge < -0.3 is 5.32 Å². The Morgan fingerprint density at radius 1 is 1.52 bits per heavy atom. The second-order valence-electron chi connectivity index (χ2n) is 4.70. The molecule has 0 aromatic heterocycles. The Morgan fingerprint density at radius 3 is 2.96 bits per heavy atom. The van der Waals surface area contributed by atoms with Crippen LogP contribution in [0.2, 0.25) is 5.02 Å². The van der Waals surface area contributed by atoms with Gasteiger partial charge in [0.1, 0.15) is 29.2 Å². The van der Waals surface area contributed by atoms with Gasteiger partial charge in [0, 0.05) is 17.8 Å². The fourth-order valence-electron chi connectivity index (χ4n) is 2.05. The molecule has 1 aliphatic heterocycles. The number of thioether (sulfide) groups is 1. The topological polar surface area (TPSA) is 63.8 Å². The lowest BCUT2D eigenvalue weighted by atomic mass is 10.2. The highest BCUT2D eigenvalue weighted by Gasteiger charge is 2.23. The highest BCUT2D eigenvalue weighted by atomic mass is 35.5. The molecule has 0 fully saturated rings. The minimum Gasteiger partial charge on any atom is -0.365 e. The lowest BCUT2D eigenvalue weighted by molar-refractivity contribution is 0.341. The van der Waals surface area contributed by atoms with Gasteiger partial charge in [0.2, 0.25) is 0 Å². The number of hydrazone groups is 1. The van der Waals surface area contributed by atoms with Crippen molar-refractivity contribution in [3.8, 4) is 6.07 Å². The minimum absolute atomic E-state index is 0.392. The normalized spacial score (nSPS) is 14.9. The van der Waals surface area contributed by atoms with Gasteiger partial charge in [0.15, 0.2) is 0 Å². The van der Waals surface area contributed by atoms with Gasteiger partial charge in [-0.3, -0.25) is 4.99 Å². The Bertz CT molecular complexity index is 690. The van der Waals surface area contributed by atoms with Gasteiger partial charge in [-0.05, 0) is 24.3 Å². The molecule has 23 heavy (non-hydrogen) atoms. The summed E-state index contributed by atoms with van der Waals surface area (Å²) >= 11 is 7.65. The number of hydrogen-bond donors (Lipinski definition) is 1. The summed E-state index contributed by atoms with van der Waals surface area (Å²) in [5.74, 6) is 0.663. The molecular weight excluding hydrogens is 330 g/mol. The van der Waals surface area contributed by atoms with Crippen LogP contribution in [0.3, 0.4) is 0 Å². The first-order valence-corrected chi connectivity index (χ1v) is 8.82. The second-order valence-corrected chi connectivity index (χ2v) is 5.90. The van der Waals surface area contributed by atoms with Gasteiger partial charge in [-0.1, -0.05) is 36.7 Å². The average Bonchev–Trinajstić information content (AvgIpc) is 2.58. The van der Waals surface area contributed by atoms with Crippen molar-refractivity contribution in [3.63, 3.8) is 0 Å². The SMILES string of the molecule is CC/C=N\N1CN=C(SC)C(C#N)=C1NCc1ccccc1Cl. The molecule has 1 N–H and O–H groups in total. The van der Waals surface area contributed by atoms with E-state index in [1.807, 2.05) is 37.4 Å². The molecule has 1 aromatic rings. The van der Waals surface area contributed by atoms with Crippen LogP contribution in [0.1, 0.15) is 18.9 Å². The van der Waals surface area contributed by atoms with Crippen molar-refractivity contribution in [3.05, 3.63) is 46.2 Å². The molecule has 0 atom stereocenters. The second kappa shape index (κ2) is 8.61. The summed E-state index contributed by atoms with van der Waals surface area (Å²) in [6.07, 6.45) is 4.52. The van der Waals surface area contributed by atoms with E-state index in [2.05, 4.69) is 21.5 Å². The minimum atomic E-state index is 0.392. The van der Waals surface area contributed by atoms with Gasteiger partial charge in [0.05, 0.1) is 0 Å². The summed E-state index contributed by atoms with van der Waals surface area (Å²) < 4.78 is 0. The van der Waals surface area contributed by atoms with Crippen LogP contribution >= 0.6 is 23.4 Å². The number of rotatable bonds is 5. The van der Waals surface area contributed by atoms with Crippen molar-refractivity contribution < 1.29 is 0 Å². The molecule has 0 aliphatic carbocycles. The summed E-state index contributed by atoms with van der Waals surface area (Å²) in [6, 6.07) is 9.86. The maximum atomic E-state index is 9.51. The summed E-state index contributed by atoms with van der Waals surface area (Å²) in [6.45, 7) is 2.92. The molecule has 1 aromatic carbocycles. The van der Waals surface area contributed by atoms with Crippen molar-refractivity contribution in [2.24, 2.45) is 10.1 Å². The number of nitrogens with zero attached hydrogens (tertiary/aromatic N) is 4. The van der Waals surface area contributed by atoms with E-state index >= 15 is 0 Å². The molecule has 120 valence electrons. The highest BCUT2D eigenvalue weighted by molar-refractivity contribution is 8.13. The highest BCUT2D eigenvalue weighted by Crippen LogP contribution is 2.22. The van der Waals surface area contributed by atoms with Crippen LogP contribution < -0.4 is 5.32 Å². The first kappa shape index (κ1) is 17.4. The van der Waals surface area contributed by atoms with Crippen LogP contribution in [-0.2, 0) is 6.54 Å². The van der Waals surface area contributed by atoms with E-state index in [0.717, 1.165) is 17.0 Å². The van der Waals surface area contributed by atoms with Gasteiger partial charge in [-0.2, -0.15) is 10.4 Å². The van der Waals surface area contributed by atoms with E-state index in [1.165, 1.54) is 11.8 Å².